The first-order valence-corrected chi connectivity index (χ1v) is 10.1. The summed E-state index contributed by atoms with van der Waals surface area (Å²) >= 11 is 0. The third kappa shape index (κ3) is 3.47. The van der Waals surface area contributed by atoms with Crippen molar-refractivity contribution in [3.8, 4) is 17.0 Å². The molecule has 0 saturated heterocycles. The van der Waals surface area contributed by atoms with E-state index in [0.29, 0.717) is 12.0 Å². The lowest BCUT2D eigenvalue weighted by Gasteiger charge is -2.16. The topological polar surface area (TPSA) is 27.1 Å². The van der Waals surface area contributed by atoms with Gasteiger partial charge in [-0.3, -0.25) is 0 Å². The van der Waals surface area contributed by atoms with Gasteiger partial charge >= 0.3 is 0 Å². The van der Waals surface area contributed by atoms with E-state index in [4.69, 9.17) is 9.72 Å². The Morgan fingerprint density at radius 3 is 2.44 bits per heavy atom. The number of nitrogens with zero attached hydrogens (tertiary/aromatic N) is 2. The van der Waals surface area contributed by atoms with E-state index < -0.39 is 0 Å². The van der Waals surface area contributed by atoms with E-state index >= 15 is 0 Å². The van der Waals surface area contributed by atoms with Crippen molar-refractivity contribution in [1.29, 1.82) is 0 Å². The van der Waals surface area contributed by atoms with Gasteiger partial charge in [-0.25, -0.2) is 4.98 Å². The molecule has 3 rings (SSSR count). The first-order valence-electron chi connectivity index (χ1n) is 10.1. The molecule has 0 amide bonds. The van der Waals surface area contributed by atoms with Crippen molar-refractivity contribution >= 4 is 11.0 Å². The Balaban J connectivity index is 2.25. The van der Waals surface area contributed by atoms with Crippen molar-refractivity contribution in [1.82, 2.24) is 9.55 Å². The van der Waals surface area contributed by atoms with Crippen LogP contribution in [0.5, 0.6) is 5.75 Å². The molecule has 0 spiro atoms. The zero-order valence-corrected chi connectivity index (χ0v) is 17.8. The Labute approximate surface area is 163 Å². The molecular formula is C24H32N2O. The fraction of sp³-hybridized carbons (Fsp3) is 0.458. The summed E-state index contributed by atoms with van der Waals surface area (Å²) in [5.74, 6) is 1.38. The molecule has 0 aliphatic carbocycles. The van der Waals surface area contributed by atoms with E-state index in [1.54, 1.807) is 7.11 Å². The molecule has 3 aromatic rings. The second-order valence-electron chi connectivity index (χ2n) is 7.81. The average Bonchev–Trinajstić information content (AvgIpc) is 3.01. The molecule has 0 saturated carbocycles. The highest BCUT2D eigenvalue weighted by atomic mass is 16.5. The van der Waals surface area contributed by atoms with Crippen LogP contribution >= 0.6 is 0 Å². The fourth-order valence-corrected chi connectivity index (χ4v) is 3.70. The minimum Gasteiger partial charge on any atom is -0.496 e. The maximum Gasteiger partial charge on any atom is 0.128 e. The summed E-state index contributed by atoms with van der Waals surface area (Å²) in [6.07, 6.45) is 4.29. The molecule has 0 N–H and O–H groups in total. The smallest absolute Gasteiger partial charge is 0.128 e. The molecule has 2 heterocycles. The van der Waals surface area contributed by atoms with E-state index in [1.165, 1.54) is 22.2 Å². The van der Waals surface area contributed by atoms with E-state index in [9.17, 15) is 0 Å². The molecule has 0 aliphatic rings. The van der Waals surface area contributed by atoms with Crippen LogP contribution in [0.2, 0.25) is 0 Å². The second kappa shape index (κ2) is 7.75. The average molecular weight is 365 g/mol. The SMILES string of the molecule is CCc1cc2c(nc1-c1ccc(C(C)C)cc1OC)c(C)cn2C(C)CC. The molecule has 0 radical (unpaired) electrons. The molecule has 3 nitrogen and oxygen atoms in total. The number of aromatic nitrogens is 2. The van der Waals surface area contributed by atoms with Crippen LogP contribution in [0.25, 0.3) is 22.3 Å². The van der Waals surface area contributed by atoms with E-state index in [2.05, 4.69) is 76.6 Å². The van der Waals surface area contributed by atoms with Crippen LogP contribution in [-0.2, 0) is 6.42 Å². The summed E-state index contributed by atoms with van der Waals surface area (Å²) in [6, 6.07) is 9.32. The summed E-state index contributed by atoms with van der Waals surface area (Å²) in [6.45, 7) is 13.3. The molecule has 1 aromatic carbocycles. The standard InChI is InChI=1S/C24H32N2O/c1-8-17(6)26-14-16(5)23-21(26)12-18(9-2)24(25-23)20-11-10-19(15(3)4)13-22(20)27-7/h10-15,17H,8-9H2,1-7H3. The highest BCUT2D eigenvalue weighted by Gasteiger charge is 2.18. The number of aryl methyl sites for hydroxylation is 2. The largest absolute Gasteiger partial charge is 0.496 e. The quantitative estimate of drug-likeness (QED) is 0.488. The van der Waals surface area contributed by atoms with Gasteiger partial charge in [0.25, 0.3) is 0 Å². The normalized spacial score (nSPS) is 12.7. The maximum absolute atomic E-state index is 5.75. The highest BCUT2D eigenvalue weighted by molar-refractivity contribution is 5.85. The van der Waals surface area contributed by atoms with Gasteiger partial charge in [-0.15, -0.1) is 0 Å². The minimum atomic E-state index is 0.471. The third-order valence-electron chi connectivity index (χ3n) is 5.66. The number of benzene rings is 1. The molecule has 1 unspecified atom stereocenters. The molecule has 0 aliphatic heterocycles. The highest BCUT2D eigenvalue weighted by Crippen LogP contribution is 2.36. The Hall–Kier alpha value is -2.29. The van der Waals surface area contributed by atoms with Crippen molar-refractivity contribution in [2.75, 3.05) is 7.11 Å². The van der Waals surface area contributed by atoms with Crippen LogP contribution in [0.1, 0.15) is 69.7 Å². The summed E-state index contributed by atoms with van der Waals surface area (Å²) in [4.78, 5) is 5.14. The van der Waals surface area contributed by atoms with Gasteiger partial charge < -0.3 is 9.30 Å². The molecule has 27 heavy (non-hydrogen) atoms. The van der Waals surface area contributed by atoms with Crippen LogP contribution < -0.4 is 4.74 Å². The van der Waals surface area contributed by atoms with Gasteiger partial charge in [0.15, 0.2) is 0 Å². The zero-order valence-electron chi connectivity index (χ0n) is 17.8. The van der Waals surface area contributed by atoms with Crippen LogP contribution in [0.15, 0.2) is 30.5 Å². The predicted octanol–water partition coefficient (Wildman–Crippen LogP) is 6.68. The molecule has 144 valence electrons. The van der Waals surface area contributed by atoms with Crippen molar-refractivity contribution in [2.24, 2.45) is 0 Å². The van der Waals surface area contributed by atoms with Crippen LogP contribution in [0.4, 0.5) is 0 Å². The lowest BCUT2D eigenvalue weighted by atomic mass is 9.97. The predicted molar refractivity (Wildman–Crippen MR) is 115 cm³/mol. The summed E-state index contributed by atoms with van der Waals surface area (Å²) in [5.41, 5.74) is 8.23. The van der Waals surface area contributed by atoms with E-state index in [0.717, 1.165) is 35.4 Å². The summed E-state index contributed by atoms with van der Waals surface area (Å²) in [5, 5.41) is 0. The van der Waals surface area contributed by atoms with Gasteiger partial charge in [0.2, 0.25) is 0 Å². The molecule has 0 bridgehead atoms. The van der Waals surface area contributed by atoms with Gasteiger partial charge in [-0.05, 0) is 67.5 Å². The fourth-order valence-electron chi connectivity index (χ4n) is 3.70. The van der Waals surface area contributed by atoms with E-state index in [1.807, 2.05) is 0 Å². The summed E-state index contributed by atoms with van der Waals surface area (Å²) in [7, 11) is 1.75. The van der Waals surface area contributed by atoms with Crippen LogP contribution in [0.3, 0.4) is 0 Å². The Bertz CT molecular complexity index is 953. The number of hydrogen-bond donors (Lipinski definition) is 0. The number of ether oxygens (including phenoxy) is 1. The van der Waals surface area contributed by atoms with Crippen molar-refractivity contribution < 1.29 is 4.74 Å². The number of rotatable bonds is 6. The lowest BCUT2D eigenvalue weighted by molar-refractivity contribution is 0.415. The van der Waals surface area contributed by atoms with Crippen molar-refractivity contribution in [2.45, 2.75) is 66.3 Å². The zero-order chi connectivity index (χ0) is 19.7. The van der Waals surface area contributed by atoms with Gasteiger partial charge in [0.1, 0.15) is 5.75 Å². The molecule has 1 atom stereocenters. The first kappa shape index (κ1) is 19.5. The monoisotopic (exact) mass is 364 g/mol. The van der Waals surface area contributed by atoms with Crippen LogP contribution in [0, 0.1) is 6.92 Å². The third-order valence-corrected chi connectivity index (χ3v) is 5.66. The lowest BCUT2D eigenvalue weighted by Crippen LogP contribution is -2.03. The van der Waals surface area contributed by atoms with Gasteiger partial charge in [-0.1, -0.05) is 33.8 Å². The van der Waals surface area contributed by atoms with Crippen molar-refractivity contribution in [3.05, 3.63) is 47.2 Å². The number of methoxy groups -OCH3 is 1. The summed E-state index contributed by atoms with van der Waals surface area (Å²) < 4.78 is 8.12. The van der Waals surface area contributed by atoms with E-state index in [-0.39, 0.29) is 0 Å². The second-order valence-corrected chi connectivity index (χ2v) is 7.81. The molecule has 3 heteroatoms. The molecule has 2 aromatic heterocycles. The van der Waals surface area contributed by atoms with Crippen molar-refractivity contribution in [3.63, 3.8) is 0 Å². The number of fused-ring (bicyclic) bond motifs is 1. The molecule has 0 fully saturated rings. The Morgan fingerprint density at radius 1 is 1.11 bits per heavy atom. The van der Waals surface area contributed by atoms with Crippen LogP contribution in [-0.4, -0.2) is 16.7 Å². The van der Waals surface area contributed by atoms with Gasteiger partial charge in [-0.2, -0.15) is 0 Å². The minimum absolute atomic E-state index is 0.471. The Kier molecular flexibility index (Phi) is 5.59. The van der Waals surface area contributed by atoms with Gasteiger partial charge in [0, 0.05) is 17.8 Å². The van der Waals surface area contributed by atoms with Gasteiger partial charge in [0.05, 0.1) is 23.8 Å². The first-order chi connectivity index (χ1) is 12.9. The maximum atomic E-state index is 5.75. The molecular weight excluding hydrogens is 332 g/mol. The number of hydrogen-bond acceptors (Lipinski definition) is 2. The number of pyridine rings is 1. The Morgan fingerprint density at radius 2 is 1.85 bits per heavy atom.